The topological polar surface area (TPSA) is 46.2 Å². The zero-order valence-corrected chi connectivity index (χ0v) is 10.7. The molecule has 0 fully saturated rings. The number of aliphatic hydroxyl groups is 1. The maximum atomic E-state index is 13.6. The maximum absolute atomic E-state index is 13.6. The molecular formula is C12H16ClF2NO. The van der Waals surface area contributed by atoms with Crippen LogP contribution in [-0.4, -0.2) is 11.2 Å². The Morgan fingerprint density at radius 3 is 2.18 bits per heavy atom. The highest BCUT2D eigenvalue weighted by atomic mass is 35.5. The first-order chi connectivity index (χ1) is 7.66. The molecule has 0 saturated heterocycles. The smallest absolute Gasteiger partial charge is 0.142 e. The molecule has 0 heterocycles. The van der Waals surface area contributed by atoms with Crippen molar-refractivity contribution in [3.8, 4) is 0 Å². The summed E-state index contributed by atoms with van der Waals surface area (Å²) in [6, 6.07) is 0.807. The minimum absolute atomic E-state index is 0.186. The average molecular weight is 264 g/mol. The molecule has 1 aromatic rings. The van der Waals surface area contributed by atoms with Crippen molar-refractivity contribution in [2.45, 2.75) is 32.9 Å². The van der Waals surface area contributed by atoms with E-state index in [9.17, 15) is 13.9 Å². The Kier molecular flexibility index (Phi) is 4.12. The number of rotatable bonds is 2. The van der Waals surface area contributed by atoms with Crippen LogP contribution in [0.1, 0.15) is 32.4 Å². The molecule has 1 rings (SSSR count). The van der Waals surface area contributed by atoms with Gasteiger partial charge >= 0.3 is 0 Å². The number of hydrogen-bond donors (Lipinski definition) is 2. The van der Waals surface area contributed by atoms with E-state index in [1.807, 2.05) is 0 Å². The average Bonchev–Trinajstić information content (AvgIpc) is 2.21. The second kappa shape index (κ2) is 4.88. The lowest BCUT2D eigenvalue weighted by atomic mass is 9.82. The molecule has 5 heteroatoms. The predicted octanol–water partition coefficient (Wildman–Crippen LogP) is 3.03. The molecule has 96 valence electrons. The van der Waals surface area contributed by atoms with E-state index < -0.39 is 29.2 Å². The van der Waals surface area contributed by atoms with Gasteiger partial charge < -0.3 is 10.8 Å². The van der Waals surface area contributed by atoms with E-state index in [2.05, 4.69) is 0 Å². The highest BCUT2D eigenvalue weighted by Gasteiger charge is 2.32. The third-order valence-electron chi connectivity index (χ3n) is 2.64. The van der Waals surface area contributed by atoms with Gasteiger partial charge in [0.25, 0.3) is 0 Å². The molecule has 0 aliphatic heterocycles. The van der Waals surface area contributed by atoms with Gasteiger partial charge in [-0.1, -0.05) is 32.4 Å². The largest absolute Gasteiger partial charge is 0.391 e. The van der Waals surface area contributed by atoms with Crippen molar-refractivity contribution in [3.63, 3.8) is 0 Å². The highest BCUT2D eigenvalue weighted by Crippen LogP contribution is 2.34. The fraction of sp³-hybridized carbons (Fsp3) is 0.500. The van der Waals surface area contributed by atoms with Crippen molar-refractivity contribution in [3.05, 3.63) is 34.4 Å². The monoisotopic (exact) mass is 263 g/mol. The van der Waals surface area contributed by atoms with Gasteiger partial charge in [-0.2, -0.15) is 0 Å². The standard InChI is InChI=1S/C12H16ClF2NO/c1-12(2,3)11(17)10(16)8-6(14)4-5-7(15)9(8)13/h4-5,10-11,17H,16H2,1-3H3/t10-,11-/m0/s1. The second-order valence-corrected chi connectivity index (χ2v) is 5.47. The molecule has 0 aromatic heterocycles. The Bertz CT molecular complexity index is 418. The van der Waals surface area contributed by atoms with Crippen LogP contribution in [0.3, 0.4) is 0 Å². The van der Waals surface area contributed by atoms with Gasteiger partial charge in [-0.15, -0.1) is 0 Å². The first-order valence-corrected chi connectivity index (χ1v) is 5.61. The molecule has 0 aliphatic rings. The van der Waals surface area contributed by atoms with Gasteiger partial charge in [-0.3, -0.25) is 0 Å². The van der Waals surface area contributed by atoms with Crippen molar-refractivity contribution >= 4 is 11.6 Å². The van der Waals surface area contributed by atoms with E-state index in [0.717, 1.165) is 12.1 Å². The molecule has 0 spiro atoms. The molecule has 2 nitrogen and oxygen atoms in total. The van der Waals surface area contributed by atoms with Gasteiger partial charge in [0.15, 0.2) is 0 Å². The van der Waals surface area contributed by atoms with Crippen LogP contribution in [0.15, 0.2) is 12.1 Å². The predicted molar refractivity (Wildman–Crippen MR) is 63.8 cm³/mol. The number of benzene rings is 1. The Labute approximate surface area is 104 Å². The van der Waals surface area contributed by atoms with Crippen molar-refractivity contribution < 1.29 is 13.9 Å². The summed E-state index contributed by atoms with van der Waals surface area (Å²) in [5, 5.41) is 9.60. The van der Waals surface area contributed by atoms with Gasteiger partial charge in [0.1, 0.15) is 11.6 Å². The number of halogens is 3. The van der Waals surface area contributed by atoms with Crippen LogP contribution in [0.5, 0.6) is 0 Å². The number of nitrogens with two attached hydrogens (primary N) is 1. The van der Waals surface area contributed by atoms with E-state index in [1.165, 1.54) is 0 Å². The molecular weight excluding hydrogens is 248 g/mol. The Hall–Kier alpha value is -0.710. The lowest BCUT2D eigenvalue weighted by molar-refractivity contribution is 0.0391. The summed E-state index contributed by atoms with van der Waals surface area (Å²) in [4.78, 5) is 0. The summed E-state index contributed by atoms with van der Waals surface area (Å²) in [7, 11) is 0. The Morgan fingerprint density at radius 2 is 1.71 bits per heavy atom. The summed E-state index contributed by atoms with van der Waals surface area (Å²) in [5.41, 5.74) is 5.01. The van der Waals surface area contributed by atoms with E-state index in [4.69, 9.17) is 17.3 Å². The van der Waals surface area contributed by atoms with Gasteiger partial charge in [0, 0.05) is 5.56 Å². The molecule has 0 radical (unpaired) electrons. The van der Waals surface area contributed by atoms with Crippen LogP contribution < -0.4 is 5.73 Å². The van der Waals surface area contributed by atoms with Crippen LogP contribution in [0.4, 0.5) is 8.78 Å². The van der Waals surface area contributed by atoms with Gasteiger partial charge in [-0.25, -0.2) is 8.78 Å². The van der Waals surface area contributed by atoms with Crippen molar-refractivity contribution in [1.82, 2.24) is 0 Å². The third-order valence-corrected chi connectivity index (χ3v) is 3.02. The minimum atomic E-state index is -1.07. The van der Waals surface area contributed by atoms with Crippen molar-refractivity contribution in [2.24, 2.45) is 11.1 Å². The van der Waals surface area contributed by atoms with Crippen molar-refractivity contribution in [2.75, 3.05) is 0 Å². The first-order valence-electron chi connectivity index (χ1n) is 5.23. The van der Waals surface area contributed by atoms with E-state index in [1.54, 1.807) is 20.8 Å². The summed E-state index contributed by atoms with van der Waals surface area (Å²) in [5.74, 6) is -1.47. The lowest BCUT2D eigenvalue weighted by Crippen LogP contribution is -2.37. The Balaban J connectivity index is 3.21. The molecule has 0 amide bonds. The minimum Gasteiger partial charge on any atom is -0.391 e. The van der Waals surface area contributed by atoms with Crippen molar-refractivity contribution in [1.29, 1.82) is 0 Å². The van der Waals surface area contributed by atoms with Gasteiger partial charge in [0.2, 0.25) is 0 Å². The fourth-order valence-electron chi connectivity index (χ4n) is 1.54. The van der Waals surface area contributed by atoms with Crippen LogP contribution in [0, 0.1) is 17.0 Å². The molecule has 1 aromatic carbocycles. The molecule has 17 heavy (non-hydrogen) atoms. The zero-order valence-electron chi connectivity index (χ0n) is 9.97. The third kappa shape index (κ3) is 2.94. The first kappa shape index (κ1) is 14.4. The quantitative estimate of drug-likeness (QED) is 0.806. The van der Waals surface area contributed by atoms with Crippen LogP contribution >= 0.6 is 11.6 Å². The Morgan fingerprint density at radius 1 is 1.24 bits per heavy atom. The van der Waals surface area contributed by atoms with Crippen LogP contribution in [0.25, 0.3) is 0 Å². The molecule has 0 aliphatic carbocycles. The number of aliphatic hydroxyl groups excluding tert-OH is 1. The van der Waals surface area contributed by atoms with Crippen LogP contribution in [0.2, 0.25) is 5.02 Å². The molecule has 3 N–H and O–H groups in total. The maximum Gasteiger partial charge on any atom is 0.142 e. The molecule has 2 atom stereocenters. The number of hydrogen-bond acceptors (Lipinski definition) is 2. The van der Waals surface area contributed by atoms with Gasteiger partial charge in [0.05, 0.1) is 17.2 Å². The van der Waals surface area contributed by atoms with E-state index >= 15 is 0 Å². The highest BCUT2D eigenvalue weighted by molar-refractivity contribution is 6.31. The SMILES string of the molecule is CC(C)(C)[C@@H](O)[C@@H](N)c1c(F)ccc(F)c1Cl. The summed E-state index contributed by atoms with van der Waals surface area (Å²) in [6.45, 7) is 5.26. The van der Waals surface area contributed by atoms with E-state index in [0.29, 0.717) is 0 Å². The second-order valence-electron chi connectivity index (χ2n) is 5.09. The van der Waals surface area contributed by atoms with E-state index in [-0.39, 0.29) is 10.6 Å². The normalized spacial score (nSPS) is 15.8. The summed E-state index contributed by atoms with van der Waals surface area (Å²) >= 11 is 5.68. The fourth-order valence-corrected chi connectivity index (χ4v) is 1.82. The summed E-state index contributed by atoms with van der Waals surface area (Å²) < 4.78 is 26.8. The van der Waals surface area contributed by atoms with Crippen LogP contribution in [-0.2, 0) is 0 Å². The lowest BCUT2D eigenvalue weighted by Gasteiger charge is -2.31. The molecule has 0 bridgehead atoms. The summed E-state index contributed by atoms with van der Waals surface area (Å²) in [6.07, 6.45) is -1.03. The molecule has 0 unspecified atom stereocenters. The zero-order chi connectivity index (χ0) is 13.4. The molecule has 0 saturated carbocycles. The van der Waals surface area contributed by atoms with Gasteiger partial charge in [-0.05, 0) is 17.5 Å².